The minimum absolute atomic E-state index is 0.00679. The lowest BCUT2D eigenvalue weighted by Gasteiger charge is -2.20. The molecule has 7 nitrogen and oxygen atoms in total. The van der Waals surface area contributed by atoms with Crippen LogP contribution in [0.4, 0.5) is 4.39 Å². The number of nitrogens with zero attached hydrogens (tertiary/aromatic N) is 3. The zero-order chi connectivity index (χ0) is 21.3. The van der Waals surface area contributed by atoms with E-state index in [0.29, 0.717) is 11.4 Å². The van der Waals surface area contributed by atoms with E-state index < -0.39 is 11.9 Å². The SMILES string of the molecule is Cn1ccnc1C(NC(=O)CCN1C(=O)C2CCCCC2C1=O)c1cccc(F)c1. The second-order valence-electron chi connectivity index (χ2n) is 8.03. The fraction of sp³-hybridized carbons (Fsp3) is 0.455. The smallest absolute Gasteiger partial charge is 0.233 e. The van der Waals surface area contributed by atoms with Gasteiger partial charge in [0.1, 0.15) is 17.7 Å². The third-order valence-electron chi connectivity index (χ3n) is 6.10. The molecule has 1 aromatic carbocycles. The monoisotopic (exact) mass is 412 g/mol. The summed E-state index contributed by atoms with van der Waals surface area (Å²) in [5.41, 5.74) is 0.567. The molecule has 4 rings (SSSR count). The summed E-state index contributed by atoms with van der Waals surface area (Å²) in [5, 5.41) is 2.88. The molecule has 0 spiro atoms. The van der Waals surface area contributed by atoms with Gasteiger partial charge in [-0.25, -0.2) is 9.37 Å². The van der Waals surface area contributed by atoms with Gasteiger partial charge in [-0.1, -0.05) is 25.0 Å². The number of rotatable bonds is 6. The van der Waals surface area contributed by atoms with Crippen molar-refractivity contribution in [1.29, 1.82) is 0 Å². The number of fused-ring (bicyclic) bond motifs is 1. The van der Waals surface area contributed by atoms with Gasteiger partial charge >= 0.3 is 0 Å². The number of likely N-dealkylation sites (tertiary alicyclic amines) is 1. The average molecular weight is 412 g/mol. The lowest BCUT2D eigenvalue weighted by Crippen LogP contribution is -2.37. The number of imidazole rings is 1. The Labute approximate surface area is 174 Å². The number of hydrogen-bond acceptors (Lipinski definition) is 4. The maximum Gasteiger partial charge on any atom is 0.233 e. The number of nitrogens with one attached hydrogen (secondary N) is 1. The molecule has 0 bridgehead atoms. The van der Waals surface area contributed by atoms with Crippen LogP contribution >= 0.6 is 0 Å². The number of aryl methyl sites for hydroxylation is 1. The quantitative estimate of drug-likeness (QED) is 0.738. The topological polar surface area (TPSA) is 84.3 Å². The van der Waals surface area contributed by atoms with Gasteiger partial charge in [-0.05, 0) is 30.5 Å². The Hall–Kier alpha value is -3.03. The maximum atomic E-state index is 13.8. The third kappa shape index (κ3) is 3.86. The first kappa shape index (κ1) is 20.3. The number of carbonyl (C=O) groups is 3. The van der Waals surface area contributed by atoms with Gasteiger partial charge in [0.15, 0.2) is 0 Å². The molecule has 2 aliphatic rings. The van der Waals surface area contributed by atoms with Crippen molar-refractivity contribution >= 4 is 17.7 Å². The van der Waals surface area contributed by atoms with Gasteiger partial charge in [-0.2, -0.15) is 0 Å². The van der Waals surface area contributed by atoms with E-state index in [1.165, 1.54) is 17.0 Å². The number of amides is 3. The molecule has 1 aliphatic heterocycles. The molecule has 1 aromatic heterocycles. The first-order chi connectivity index (χ1) is 14.5. The van der Waals surface area contributed by atoms with E-state index in [4.69, 9.17) is 0 Å². The Bertz CT molecular complexity index is 949. The number of imide groups is 1. The van der Waals surface area contributed by atoms with Crippen molar-refractivity contribution in [1.82, 2.24) is 19.8 Å². The number of hydrogen-bond donors (Lipinski definition) is 1. The van der Waals surface area contributed by atoms with Crippen LogP contribution in [0, 0.1) is 17.7 Å². The van der Waals surface area contributed by atoms with Crippen LogP contribution < -0.4 is 5.32 Å². The summed E-state index contributed by atoms with van der Waals surface area (Å²) in [4.78, 5) is 43.4. The highest BCUT2D eigenvalue weighted by atomic mass is 19.1. The Morgan fingerprint density at radius 1 is 1.23 bits per heavy atom. The van der Waals surface area contributed by atoms with Crippen molar-refractivity contribution in [2.45, 2.75) is 38.1 Å². The number of benzene rings is 1. The van der Waals surface area contributed by atoms with E-state index in [1.807, 2.05) is 0 Å². The van der Waals surface area contributed by atoms with E-state index in [1.54, 1.807) is 36.1 Å². The van der Waals surface area contributed by atoms with Gasteiger partial charge in [0.2, 0.25) is 17.7 Å². The molecule has 0 radical (unpaired) electrons. The van der Waals surface area contributed by atoms with E-state index in [0.717, 1.165) is 25.7 Å². The Morgan fingerprint density at radius 2 is 1.93 bits per heavy atom. The molecule has 2 heterocycles. The molecule has 30 heavy (non-hydrogen) atoms. The van der Waals surface area contributed by atoms with E-state index in [2.05, 4.69) is 10.3 Å². The normalized spacial score (nSPS) is 22.1. The zero-order valence-electron chi connectivity index (χ0n) is 16.9. The van der Waals surface area contributed by atoms with Gasteiger partial charge in [0, 0.05) is 32.4 Å². The van der Waals surface area contributed by atoms with Crippen LogP contribution in [0.1, 0.15) is 49.5 Å². The summed E-state index contributed by atoms with van der Waals surface area (Å²) in [6.45, 7) is 0.0624. The van der Waals surface area contributed by atoms with Crippen LogP contribution in [-0.4, -0.2) is 38.7 Å². The minimum Gasteiger partial charge on any atom is -0.342 e. The summed E-state index contributed by atoms with van der Waals surface area (Å²) in [6.07, 6.45) is 6.78. The summed E-state index contributed by atoms with van der Waals surface area (Å²) in [6, 6.07) is 5.36. The van der Waals surface area contributed by atoms with Crippen LogP contribution in [0.25, 0.3) is 0 Å². The fourth-order valence-electron chi connectivity index (χ4n) is 4.54. The lowest BCUT2D eigenvalue weighted by atomic mass is 9.81. The molecular weight excluding hydrogens is 387 g/mol. The van der Waals surface area contributed by atoms with Crippen molar-refractivity contribution < 1.29 is 18.8 Å². The molecule has 3 unspecified atom stereocenters. The molecule has 8 heteroatoms. The molecule has 158 valence electrons. The van der Waals surface area contributed by atoms with Crippen LogP contribution in [0.5, 0.6) is 0 Å². The van der Waals surface area contributed by atoms with Crippen molar-refractivity contribution in [2.75, 3.05) is 6.54 Å². The third-order valence-corrected chi connectivity index (χ3v) is 6.10. The highest BCUT2D eigenvalue weighted by Gasteiger charge is 2.47. The molecular formula is C22H25FN4O3. The predicted molar refractivity (Wildman–Crippen MR) is 106 cm³/mol. The number of halogens is 1. The van der Waals surface area contributed by atoms with Gasteiger partial charge < -0.3 is 9.88 Å². The van der Waals surface area contributed by atoms with Gasteiger partial charge in [0.05, 0.1) is 11.8 Å². The molecule has 1 saturated carbocycles. The van der Waals surface area contributed by atoms with Crippen molar-refractivity contribution in [3.63, 3.8) is 0 Å². The molecule has 2 fully saturated rings. The Kier molecular flexibility index (Phi) is 5.65. The number of carbonyl (C=O) groups excluding carboxylic acids is 3. The van der Waals surface area contributed by atoms with Gasteiger partial charge in [-0.3, -0.25) is 19.3 Å². The Balaban J connectivity index is 1.45. The maximum absolute atomic E-state index is 13.8. The van der Waals surface area contributed by atoms with Gasteiger partial charge in [0.25, 0.3) is 0 Å². The van der Waals surface area contributed by atoms with Crippen molar-refractivity contribution in [3.8, 4) is 0 Å². The second kappa shape index (κ2) is 8.38. The lowest BCUT2D eigenvalue weighted by molar-refractivity contribution is -0.140. The summed E-state index contributed by atoms with van der Waals surface area (Å²) < 4.78 is 15.5. The van der Waals surface area contributed by atoms with Crippen LogP contribution in [-0.2, 0) is 21.4 Å². The van der Waals surface area contributed by atoms with Crippen LogP contribution in [0.2, 0.25) is 0 Å². The van der Waals surface area contributed by atoms with Crippen LogP contribution in [0.3, 0.4) is 0 Å². The van der Waals surface area contributed by atoms with Crippen molar-refractivity contribution in [2.24, 2.45) is 18.9 Å². The first-order valence-electron chi connectivity index (χ1n) is 10.3. The van der Waals surface area contributed by atoms with Gasteiger partial charge in [-0.15, -0.1) is 0 Å². The largest absolute Gasteiger partial charge is 0.342 e. The second-order valence-corrected chi connectivity index (χ2v) is 8.03. The summed E-state index contributed by atoms with van der Waals surface area (Å²) in [5.74, 6) is -0.914. The molecule has 1 aliphatic carbocycles. The molecule has 3 amide bonds. The average Bonchev–Trinajstić information content (AvgIpc) is 3.26. The van der Waals surface area contributed by atoms with E-state index in [9.17, 15) is 18.8 Å². The standard InChI is InChI=1S/C22H25FN4O3/c1-26-12-10-24-20(26)19(14-5-4-6-15(23)13-14)25-18(28)9-11-27-21(29)16-7-2-3-8-17(16)22(27)30/h4-6,10,12-13,16-17,19H,2-3,7-9,11H2,1H3,(H,25,28). The van der Waals surface area contributed by atoms with Crippen LogP contribution in [0.15, 0.2) is 36.7 Å². The zero-order valence-corrected chi connectivity index (χ0v) is 16.9. The molecule has 2 aromatic rings. The molecule has 3 atom stereocenters. The van der Waals surface area contributed by atoms with E-state index in [-0.39, 0.29) is 42.5 Å². The highest BCUT2D eigenvalue weighted by Crippen LogP contribution is 2.38. The fourth-order valence-corrected chi connectivity index (χ4v) is 4.54. The minimum atomic E-state index is -0.638. The summed E-state index contributed by atoms with van der Waals surface area (Å²) >= 11 is 0. The molecule has 1 saturated heterocycles. The first-order valence-corrected chi connectivity index (χ1v) is 10.3. The van der Waals surface area contributed by atoms with E-state index >= 15 is 0 Å². The van der Waals surface area contributed by atoms with Crippen molar-refractivity contribution in [3.05, 3.63) is 53.9 Å². The highest BCUT2D eigenvalue weighted by molar-refractivity contribution is 6.05. The number of aromatic nitrogens is 2. The molecule has 1 N–H and O–H groups in total. The Morgan fingerprint density at radius 3 is 2.53 bits per heavy atom. The summed E-state index contributed by atoms with van der Waals surface area (Å²) in [7, 11) is 1.80. The predicted octanol–water partition coefficient (Wildman–Crippen LogP) is 2.33.